The molecule has 94 valence electrons. The van der Waals surface area contributed by atoms with Crippen molar-refractivity contribution in [2.45, 2.75) is 0 Å². The van der Waals surface area contributed by atoms with Gasteiger partial charge in [0.1, 0.15) is 6.61 Å². The number of aliphatic hydroxyl groups is 1. The molecule has 0 atom stereocenters. The number of hydrogen-bond donors (Lipinski definition) is 2. The first-order chi connectivity index (χ1) is 9.29. The molecule has 1 heterocycles. The molecule has 2 rings (SSSR count). The molecule has 0 saturated heterocycles. The molecular formula is C14H11N3O2. The van der Waals surface area contributed by atoms with E-state index in [2.05, 4.69) is 27.1 Å². The van der Waals surface area contributed by atoms with E-state index in [1.54, 1.807) is 24.3 Å². The average Bonchev–Trinajstić information content (AvgIpc) is 2.46. The minimum Gasteiger partial charge on any atom is -0.384 e. The zero-order chi connectivity index (χ0) is 13.5. The van der Waals surface area contributed by atoms with Gasteiger partial charge in [0.15, 0.2) is 5.82 Å². The van der Waals surface area contributed by atoms with Crippen molar-refractivity contribution in [3.63, 3.8) is 0 Å². The van der Waals surface area contributed by atoms with E-state index < -0.39 is 0 Å². The standard InChI is InChI=1S/C14H11N3O2/c18-8-2-4-11-3-1-5-12(9-11)14(19)17-13-10-15-6-7-16-13/h1,3,5-7,9-10,18H,8H2,(H,16,17,19). The van der Waals surface area contributed by atoms with Crippen LogP contribution in [0.2, 0.25) is 0 Å². The summed E-state index contributed by atoms with van der Waals surface area (Å²) >= 11 is 0. The molecule has 1 aromatic carbocycles. The summed E-state index contributed by atoms with van der Waals surface area (Å²) in [6.07, 6.45) is 4.49. The van der Waals surface area contributed by atoms with Gasteiger partial charge in [0.25, 0.3) is 5.91 Å². The van der Waals surface area contributed by atoms with Gasteiger partial charge in [-0.05, 0) is 18.2 Å². The third kappa shape index (κ3) is 3.63. The molecule has 2 aromatic rings. The van der Waals surface area contributed by atoms with E-state index in [0.29, 0.717) is 16.9 Å². The van der Waals surface area contributed by atoms with Crippen LogP contribution in [0.25, 0.3) is 0 Å². The summed E-state index contributed by atoms with van der Waals surface area (Å²) in [6.45, 7) is -0.212. The number of benzene rings is 1. The summed E-state index contributed by atoms with van der Waals surface area (Å²) in [6, 6.07) is 6.82. The van der Waals surface area contributed by atoms with Gasteiger partial charge in [-0.25, -0.2) is 4.98 Å². The van der Waals surface area contributed by atoms with Crippen molar-refractivity contribution in [2.24, 2.45) is 0 Å². The molecule has 5 heteroatoms. The normalized spacial score (nSPS) is 9.32. The lowest BCUT2D eigenvalue weighted by Crippen LogP contribution is -2.13. The predicted octanol–water partition coefficient (Wildman–Crippen LogP) is 1.07. The molecule has 2 N–H and O–H groups in total. The summed E-state index contributed by atoms with van der Waals surface area (Å²) in [5, 5.41) is 11.3. The smallest absolute Gasteiger partial charge is 0.256 e. The molecule has 1 aromatic heterocycles. The van der Waals surface area contributed by atoms with E-state index in [1.807, 2.05) is 0 Å². The highest BCUT2D eigenvalue weighted by Gasteiger charge is 2.06. The van der Waals surface area contributed by atoms with Crippen LogP contribution in [0, 0.1) is 11.8 Å². The molecule has 0 unspecified atom stereocenters. The van der Waals surface area contributed by atoms with Gasteiger partial charge < -0.3 is 10.4 Å². The Bertz CT molecular complexity index is 630. The van der Waals surface area contributed by atoms with Crippen molar-refractivity contribution >= 4 is 11.7 Å². The predicted molar refractivity (Wildman–Crippen MR) is 70.4 cm³/mol. The molecule has 5 nitrogen and oxygen atoms in total. The van der Waals surface area contributed by atoms with E-state index in [4.69, 9.17) is 5.11 Å². The highest BCUT2D eigenvalue weighted by Crippen LogP contribution is 2.07. The lowest BCUT2D eigenvalue weighted by atomic mass is 10.1. The Kier molecular flexibility index (Phi) is 4.21. The molecule has 0 aliphatic heterocycles. The van der Waals surface area contributed by atoms with Gasteiger partial charge in [0, 0.05) is 23.5 Å². The highest BCUT2D eigenvalue weighted by molar-refractivity contribution is 6.03. The van der Waals surface area contributed by atoms with E-state index in [0.717, 1.165) is 0 Å². The van der Waals surface area contributed by atoms with Crippen molar-refractivity contribution in [1.82, 2.24) is 9.97 Å². The van der Waals surface area contributed by atoms with Crippen molar-refractivity contribution in [3.8, 4) is 11.8 Å². The highest BCUT2D eigenvalue weighted by atomic mass is 16.2. The van der Waals surface area contributed by atoms with Crippen LogP contribution in [0.4, 0.5) is 5.82 Å². The lowest BCUT2D eigenvalue weighted by molar-refractivity contribution is 0.102. The van der Waals surface area contributed by atoms with Crippen LogP contribution in [-0.2, 0) is 0 Å². The summed E-state index contributed by atoms with van der Waals surface area (Å²) in [5.74, 6) is 5.38. The molecule has 0 bridgehead atoms. The van der Waals surface area contributed by atoms with Crippen LogP contribution >= 0.6 is 0 Å². The molecule has 0 saturated carbocycles. The van der Waals surface area contributed by atoms with Crippen LogP contribution in [0.15, 0.2) is 42.9 Å². The third-order valence-corrected chi connectivity index (χ3v) is 2.24. The number of rotatable bonds is 2. The molecule has 0 aliphatic rings. The zero-order valence-corrected chi connectivity index (χ0v) is 10.00. The molecule has 1 amide bonds. The molecule has 0 radical (unpaired) electrons. The van der Waals surface area contributed by atoms with Gasteiger partial charge in [-0.2, -0.15) is 0 Å². The largest absolute Gasteiger partial charge is 0.384 e. The SMILES string of the molecule is O=C(Nc1cnccn1)c1cccc(C#CCO)c1. The quantitative estimate of drug-likeness (QED) is 0.785. The topological polar surface area (TPSA) is 75.1 Å². The van der Waals surface area contributed by atoms with Gasteiger partial charge in [-0.3, -0.25) is 9.78 Å². The second-order valence-electron chi connectivity index (χ2n) is 3.59. The van der Waals surface area contributed by atoms with Crippen LogP contribution in [0.1, 0.15) is 15.9 Å². The molecule has 0 fully saturated rings. The first-order valence-corrected chi connectivity index (χ1v) is 5.57. The van der Waals surface area contributed by atoms with Crippen LogP contribution in [0.5, 0.6) is 0 Å². The number of carbonyl (C=O) groups excluding carboxylic acids is 1. The Morgan fingerprint density at radius 2 is 2.26 bits per heavy atom. The zero-order valence-electron chi connectivity index (χ0n) is 10.00. The molecule has 0 aliphatic carbocycles. The fraction of sp³-hybridized carbons (Fsp3) is 0.0714. The number of amides is 1. The van der Waals surface area contributed by atoms with Crippen molar-refractivity contribution < 1.29 is 9.90 Å². The third-order valence-electron chi connectivity index (χ3n) is 2.24. The summed E-state index contributed by atoms with van der Waals surface area (Å²) < 4.78 is 0. The molecule has 0 spiro atoms. The van der Waals surface area contributed by atoms with Crippen LogP contribution in [0.3, 0.4) is 0 Å². The number of carbonyl (C=O) groups is 1. The number of nitrogens with one attached hydrogen (secondary N) is 1. The van der Waals surface area contributed by atoms with Crippen molar-refractivity contribution in [3.05, 3.63) is 54.0 Å². The van der Waals surface area contributed by atoms with E-state index >= 15 is 0 Å². The van der Waals surface area contributed by atoms with Gasteiger partial charge in [0.05, 0.1) is 6.20 Å². The Hall–Kier alpha value is -2.71. The number of hydrogen-bond acceptors (Lipinski definition) is 4. The monoisotopic (exact) mass is 253 g/mol. The average molecular weight is 253 g/mol. The first-order valence-electron chi connectivity index (χ1n) is 5.57. The fourth-order valence-corrected chi connectivity index (χ4v) is 1.43. The number of nitrogens with zero attached hydrogens (tertiary/aromatic N) is 2. The molecule has 19 heavy (non-hydrogen) atoms. The number of aliphatic hydroxyl groups excluding tert-OH is 1. The minimum atomic E-state index is -0.284. The van der Waals surface area contributed by atoms with Crippen LogP contribution < -0.4 is 5.32 Å². The van der Waals surface area contributed by atoms with Crippen LogP contribution in [-0.4, -0.2) is 27.6 Å². The fourth-order valence-electron chi connectivity index (χ4n) is 1.43. The van der Waals surface area contributed by atoms with Gasteiger partial charge in [-0.15, -0.1) is 0 Å². The van der Waals surface area contributed by atoms with E-state index in [-0.39, 0.29) is 12.5 Å². The summed E-state index contributed by atoms with van der Waals surface area (Å²) in [4.78, 5) is 19.8. The maximum absolute atomic E-state index is 12.0. The first kappa shape index (κ1) is 12.7. The Morgan fingerprint density at radius 3 is 3.00 bits per heavy atom. The Balaban J connectivity index is 2.15. The van der Waals surface area contributed by atoms with Gasteiger partial charge in [0.2, 0.25) is 0 Å². The van der Waals surface area contributed by atoms with Crippen molar-refractivity contribution in [2.75, 3.05) is 11.9 Å². The minimum absolute atomic E-state index is 0.212. The van der Waals surface area contributed by atoms with Gasteiger partial charge >= 0.3 is 0 Å². The second kappa shape index (κ2) is 6.28. The maximum Gasteiger partial charge on any atom is 0.256 e. The van der Waals surface area contributed by atoms with E-state index in [1.165, 1.54) is 18.6 Å². The van der Waals surface area contributed by atoms with E-state index in [9.17, 15) is 4.79 Å². The Morgan fingerprint density at radius 1 is 1.37 bits per heavy atom. The molecular weight excluding hydrogens is 242 g/mol. The second-order valence-corrected chi connectivity index (χ2v) is 3.59. The van der Waals surface area contributed by atoms with Gasteiger partial charge in [-0.1, -0.05) is 17.9 Å². The summed E-state index contributed by atoms with van der Waals surface area (Å²) in [5.41, 5.74) is 1.14. The lowest BCUT2D eigenvalue weighted by Gasteiger charge is -2.03. The summed E-state index contributed by atoms with van der Waals surface area (Å²) in [7, 11) is 0. The maximum atomic E-state index is 12.0. The number of aromatic nitrogens is 2. The van der Waals surface area contributed by atoms with Crippen molar-refractivity contribution in [1.29, 1.82) is 0 Å². The number of anilines is 1. The Labute approximate surface area is 110 Å².